The predicted molar refractivity (Wildman–Crippen MR) is 68.6 cm³/mol. The van der Waals surface area contributed by atoms with Gasteiger partial charge in [0.2, 0.25) is 5.91 Å². The average molecular weight is 279 g/mol. The fourth-order valence-electron chi connectivity index (χ4n) is 1.86. The summed E-state index contributed by atoms with van der Waals surface area (Å²) in [6.07, 6.45) is 1.62. The quantitative estimate of drug-likeness (QED) is 0.691. The molecular weight excluding hydrogens is 260 g/mol. The van der Waals surface area contributed by atoms with Crippen molar-refractivity contribution in [3.05, 3.63) is 12.7 Å². The molecule has 0 aromatic rings. The number of hydrogen-bond donors (Lipinski definition) is 2. The number of likely N-dealkylation sites (tertiary alicyclic amines) is 1. The van der Waals surface area contributed by atoms with Gasteiger partial charge in [-0.1, -0.05) is 6.08 Å². The Hall–Kier alpha value is -1.11. The van der Waals surface area contributed by atoms with E-state index < -0.39 is 18.1 Å². The van der Waals surface area contributed by atoms with Gasteiger partial charge in [0.1, 0.15) is 6.04 Å². The van der Waals surface area contributed by atoms with Crippen LogP contribution in [0.4, 0.5) is 0 Å². The number of carboxylic acid groups (broad SMARTS) is 1. The Morgan fingerprint density at radius 3 is 2.72 bits per heavy atom. The fraction of sp³-hybridized carbons (Fsp3) is 0.636. The van der Waals surface area contributed by atoms with Crippen molar-refractivity contribution in [2.45, 2.75) is 31.5 Å². The first kappa shape index (κ1) is 16.9. The molecule has 7 heteroatoms. The normalized spacial score (nSPS) is 24.2. The monoisotopic (exact) mass is 278 g/mol. The smallest absolute Gasteiger partial charge is 0.326 e. The topological polar surface area (TPSA) is 92.9 Å². The Balaban J connectivity index is 0.00000289. The van der Waals surface area contributed by atoms with Crippen LogP contribution in [-0.4, -0.2) is 53.2 Å². The Morgan fingerprint density at radius 1 is 1.67 bits per heavy atom. The van der Waals surface area contributed by atoms with Crippen molar-refractivity contribution in [3.63, 3.8) is 0 Å². The van der Waals surface area contributed by atoms with E-state index in [-0.39, 0.29) is 31.0 Å². The number of carbonyl (C=O) groups excluding carboxylic acids is 1. The van der Waals surface area contributed by atoms with E-state index in [2.05, 4.69) is 6.58 Å². The number of halogens is 1. The molecule has 0 aliphatic carbocycles. The molecule has 1 aliphatic rings. The lowest BCUT2D eigenvalue weighted by molar-refractivity contribution is -0.148. The van der Waals surface area contributed by atoms with Crippen LogP contribution in [0.5, 0.6) is 0 Å². The van der Waals surface area contributed by atoms with Gasteiger partial charge >= 0.3 is 5.97 Å². The molecule has 1 aliphatic heterocycles. The first-order valence-corrected chi connectivity index (χ1v) is 5.48. The summed E-state index contributed by atoms with van der Waals surface area (Å²) in [7, 11) is 0. The fourth-order valence-corrected chi connectivity index (χ4v) is 1.86. The summed E-state index contributed by atoms with van der Waals surface area (Å²) in [5, 5.41) is 9.05. The Morgan fingerprint density at radius 2 is 2.28 bits per heavy atom. The molecule has 3 atom stereocenters. The highest BCUT2D eigenvalue weighted by Gasteiger charge is 2.40. The first-order valence-electron chi connectivity index (χ1n) is 5.48. The largest absolute Gasteiger partial charge is 0.480 e. The molecule has 0 radical (unpaired) electrons. The summed E-state index contributed by atoms with van der Waals surface area (Å²) in [5.41, 5.74) is 5.48. The third-order valence-corrected chi connectivity index (χ3v) is 2.67. The van der Waals surface area contributed by atoms with Crippen LogP contribution in [-0.2, 0) is 14.3 Å². The number of hydrogen-bond acceptors (Lipinski definition) is 4. The summed E-state index contributed by atoms with van der Waals surface area (Å²) in [6.45, 7) is 5.67. The minimum absolute atomic E-state index is 0. The van der Waals surface area contributed by atoms with Gasteiger partial charge in [-0.25, -0.2) is 4.79 Å². The molecular formula is C11H19ClN2O4. The number of carboxylic acids is 1. The molecule has 0 aromatic carbocycles. The lowest BCUT2D eigenvalue weighted by atomic mass is 10.2. The Labute approximate surface area is 112 Å². The highest BCUT2D eigenvalue weighted by atomic mass is 35.5. The van der Waals surface area contributed by atoms with Crippen LogP contribution in [0.25, 0.3) is 0 Å². The van der Waals surface area contributed by atoms with Crippen molar-refractivity contribution >= 4 is 24.3 Å². The molecule has 1 fully saturated rings. The maximum absolute atomic E-state index is 11.7. The van der Waals surface area contributed by atoms with Gasteiger partial charge in [-0.05, 0) is 6.92 Å². The van der Waals surface area contributed by atoms with Crippen LogP contribution in [0.3, 0.4) is 0 Å². The van der Waals surface area contributed by atoms with Crippen molar-refractivity contribution in [1.29, 1.82) is 0 Å². The minimum Gasteiger partial charge on any atom is -0.480 e. The van der Waals surface area contributed by atoms with E-state index in [4.69, 9.17) is 15.6 Å². The van der Waals surface area contributed by atoms with Gasteiger partial charge in [0, 0.05) is 13.0 Å². The van der Waals surface area contributed by atoms with Gasteiger partial charge in [-0.2, -0.15) is 0 Å². The van der Waals surface area contributed by atoms with E-state index in [1.165, 1.54) is 4.90 Å². The molecule has 1 heterocycles. The van der Waals surface area contributed by atoms with Crippen LogP contribution >= 0.6 is 12.4 Å². The van der Waals surface area contributed by atoms with Gasteiger partial charge in [0.05, 0.1) is 18.8 Å². The zero-order chi connectivity index (χ0) is 13.0. The summed E-state index contributed by atoms with van der Waals surface area (Å²) in [6, 6.07) is -1.54. The average Bonchev–Trinajstić information content (AvgIpc) is 2.69. The van der Waals surface area contributed by atoms with Crippen molar-refractivity contribution < 1.29 is 19.4 Å². The molecule has 1 unspecified atom stereocenters. The second-order valence-corrected chi connectivity index (χ2v) is 4.11. The van der Waals surface area contributed by atoms with E-state index >= 15 is 0 Å². The number of nitrogens with zero attached hydrogens (tertiary/aromatic N) is 1. The molecule has 3 N–H and O–H groups in total. The van der Waals surface area contributed by atoms with E-state index in [1.54, 1.807) is 13.0 Å². The lowest BCUT2D eigenvalue weighted by Crippen LogP contribution is -2.47. The summed E-state index contributed by atoms with van der Waals surface area (Å²) in [5.74, 6) is -1.38. The van der Waals surface area contributed by atoms with Gasteiger partial charge in [0.15, 0.2) is 0 Å². The maximum atomic E-state index is 11.7. The molecule has 0 spiro atoms. The summed E-state index contributed by atoms with van der Waals surface area (Å²) < 4.78 is 5.38. The minimum atomic E-state index is -1.02. The Kier molecular flexibility index (Phi) is 6.90. The SMILES string of the molecule is C=CCOC1C[C@@H](C(=O)O)N(C(=O)[C@H](C)N)C1.Cl. The molecule has 0 aromatic heterocycles. The van der Waals surface area contributed by atoms with Crippen molar-refractivity contribution in [1.82, 2.24) is 4.90 Å². The van der Waals surface area contributed by atoms with Crippen molar-refractivity contribution in [3.8, 4) is 0 Å². The molecule has 18 heavy (non-hydrogen) atoms. The molecule has 1 rings (SSSR count). The molecule has 104 valence electrons. The molecule has 6 nitrogen and oxygen atoms in total. The van der Waals surface area contributed by atoms with Crippen LogP contribution in [0.2, 0.25) is 0 Å². The van der Waals surface area contributed by atoms with Crippen LogP contribution < -0.4 is 5.73 Å². The first-order chi connectivity index (χ1) is 7.97. The number of carbonyl (C=O) groups is 2. The number of ether oxygens (including phenoxy) is 1. The van der Waals surface area contributed by atoms with Crippen LogP contribution in [0, 0.1) is 0 Å². The van der Waals surface area contributed by atoms with Gasteiger partial charge in [-0.15, -0.1) is 19.0 Å². The number of aliphatic carboxylic acids is 1. The van der Waals surface area contributed by atoms with Crippen LogP contribution in [0.15, 0.2) is 12.7 Å². The third-order valence-electron chi connectivity index (χ3n) is 2.67. The molecule has 1 amide bonds. The predicted octanol–water partition coefficient (Wildman–Crippen LogP) is 0.0121. The summed E-state index contributed by atoms with van der Waals surface area (Å²) in [4.78, 5) is 24.1. The van der Waals surface area contributed by atoms with E-state index in [9.17, 15) is 9.59 Å². The highest BCUT2D eigenvalue weighted by molar-refractivity contribution is 5.87. The zero-order valence-corrected chi connectivity index (χ0v) is 11.1. The Bertz CT molecular complexity index is 322. The second-order valence-electron chi connectivity index (χ2n) is 4.11. The van der Waals surface area contributed by atoms with Crippen molar-refractivity contribution in [2.24, 2.45) is 5.73 Å². The number of amides is 1. The third kappa shape index (κ3) is 3.97. The zero-order valence-electron chi connectivity index (χ0n) is 10.2. The number of nitrogens with two attached hydrogens (primary N) is 1. The summed E-state index contributed by atoms with van der Waals surface area (Å²) >= 11 is 0. The molecule has 1 saturated heterocycles. The van der Waals surface area contributed by atoms with E-state index in [1.807, 2.05) is 0 Å². The maximum Gasteiger partial charge on any atom is 0.326 e. The van der Waals surface area contributed by atoms with Gasteiger partial charge in [0.25, 0.3) is 0 Å². The standard InChI is InChI=1S/C11H18N2O4.ClH/c1-3-4-17-8-5-9(11(15)16)13(6-8)10(14)7(2)12;/h3,7-9H,1,4-6,12H2,2H3,(H,15,16);1H/t7-,8?,9-;/m0./s1. The van der Waals surface area contributed by atoms with Crippen LogP contribution in [0.1, 0.15) is 13.3 Å². The van der Waals surface area contributed by atoms with Gasteiger partial charge in [-0.3, -0.25) is 4.79 Å². The van der Waals surface area contributed by atoms with E-state index in [0.29, 0.717) is 13.0 Å². The highest BCUT2D eigenvalue weighted by Crippen LogP contribution is 2.21. The van der Waals surface area contributed by atoms with E-state index in [0.717, 1.165) is 0 Å². The van der Waals surface area contributed by atoms with Gasteiger partial charge < -0.3 is 20.5 Å². The second kappa shape index (κ2) is 7.35. The lowest BCUT2D eigenvalue weighted by Gasteiger charge is -2.22. The van der Waals surface area contributed by atoms with Crippen molar-refractivity contribution in [2.75, 3.05) is 13.2 Å². The number of rotatable bonds is 5. The molecule has 0 bridgehead atoms. The molecule has 0 saturated carbocycles.